The number of amides is 1. The first-order valence-electron chi connectivity index (χ1n) is 8.55. The number of benzene rings is 2. The highest BCUT2D eigenvalue weighted by Crippen LogP contribution is 2.34. The number of anilines is 1. The van der Waals surface area contributed by atoms with Crippen molar-refractivity contribution in [1.29, 1.82) is 0 Å². The van der Waals surface area contributed by atoms with E-state index in [9.17, 15) is 4.79 Å². The Morgan fingerprint density at radius 3 is 2.46 bits per heavy atom. The molecule has 0 aromatic heterocycles. The minimum atomic E-state index is -0.0415. The molecule has 0 bridgehead atoms. The molecule has 1 N–H and O–H groups in total. The second-order valence-electron chi connectivity index (χ2n) is 7.25. The van der Waals surface area contributed by atoms with E-state index in [2.05, 4.69) is 26.1 Å². The van der Waals surface area contributed by atoms with Crippen molar-refractivity contribution in [2.75, 3.05) is 19.5 Å². The maximum atomic E-state index is 12.3. The van der Waals surface area contributed by atoms with Crippen LogP contribution in [0.25, 0.3) is 0 Å². The third kappa shape index (κ3) is 5.99. The number of rotatable bonds is 7. The molecule has 0 aliphatic heterocycles. The zero-order chi connectivity index (χ0) is 19.2. The van der Waals surface area contributed by atoms with E-state index in [0.717, 1.165) is 27.6 Å². The van der Waals surface area contributed by atoms with E-state index in [1.165, 1.54) is 0 Å². The SMILES string of the molecule is COc1ccc(OC)c(CSc2ccccc2NC(=O)CC(C)(C)C)c1. The quantitative estimate of drug-likeness (QED) is 0.663. The summed E-state index contributed by atoms with van der Waals surface area (Å²) < 4.78 is 10.8. The van der Waals surface area contributed by atoms with Crippen molar-refractivity contribution in [3.05, 3.63) is 48.0 Å². The van der Waals surface area contributed by atoms with E-state index in [0.29, 0.717) is 12.2 Å². The number of methoxy groups -OCH3 is 2. The van der Waals surface area contributed by atoms with Gasteiger partial charge in [0.1, 0.15) is 11.5 Å². The lowest BCUT2D eigenvalue weighted by Gasteiger charge is -2.18. The zero-order valence-corrected chi connectivity index (χ0v) is 16.9. The highest BCUT2D eigenvalue weighted by molar-refractivity contribution is 7.98. The van der Waals surface area contributed by atoms with Crippen molar-refractivity contribution in [3.8, 4) is 11.5 Å². The van der Waals surface area contributed by atoms with E-state index >= 15 is 0 Å². The molecule has 0 fully saturated rings. The molecule has 0 saturated carbocycles. The topological polar surface area (TPSA) is 47.6 Å². The smallest absolute Gasteiger partial charge is 0.224 e. The molecule has 5 heteroatoms. The Hall–Kier alpha value is -2.14. The summed E-state index contributed by atoms with van der Waals surface area (Å²) in [6.45, 7) is 6.17. The Labute approximate surface area is 160 Å². The summed E-state index contributed by atoms with van der Waals surface area (Å²) in [7, 11) is 3.31. The summed E-state index contributed by atoms with van der Waals surface area (Å²) in [5, 5.41) is 3.04. The van der Waals surface area contributed by atoms with E-state index in [4.69, 9.17) is 9.47 Å². The number of hydrogen-bond acceptors (Lipinski definition) is 4. The van der Waals surface area contributed by atoms with Crippen LogP contribution in [0.3, 0.4) is 0 Å². The van der Waals surface area contributed by atoms with Crippen molar-refractivity contribution in [2.24, 2.45) is 5.41 Å². The summed E-state index contributed by atoms with van der Waals surface area (Å²) in [5.41, 5.74) is 1.85. The van der Waals surface area contributed by atoms with Crippen molar-refractivity contribution in [3.63, 3.8) is 0 Å². The van der Waals surface area contributed by atoms with Crippen molar-refractivity contribution in [1.82, 2.24) is 0 Å². The van der Waals surface area contributed by atoms with Gasteiger partial charge in [-0.05, 0) is 35.7 Å². The van der Waals surface area contributed by atoms with Crippen molar-refractivity contribution >= 4 is 23.4 Å². The van der Waals surface area contributed by atoms with Crippen LogP contribution >= 0.6 is 11.8 Å². The first-order chi connectivity index (χ1) is 12.3. The van der Waals surface area contributed by atoms with Gasteiger partial charge in [0.15, 0.2) is 0 Å². The van der Waals surface area contributed by atoms with Crippen LogP contribution in [0, 0.1) is 5.41 Å². The lowest BCUT2D eigenvalue weighted by Crippen LogP contribution is -2.19. The van der Waals surface area contributed by atoms with E-state index in [1.54, 1.807) is 26.0 Å². The maximum Gasteiger partial charge on any atom is 0.224 e. The molecule has 2 rings (SSSR count). The minimum absolute atomic E-state index is 0.0320. The maximum absolute atomic E-state index is 12.3. The molecule has 0 atom stereocenters. The first-order valence-corrected chi connectivity index (χ1v) is 9.53. The molecule has 0 radical (unpaired) electrons. The molecule has 26 heavy (non-hydrogen) atoms. The molecule has 0 heterocycles. The Morgan fingerprint density at radius 2 is 1.81 bits per heavy atom. The van der Waals surface area contributed by atoms with Crippen LogP contribution in [0.4, 0.5) is 5.69 Å². The number of para-hydroxylation sites is 1. The van der Waals surface area contributed by atoms with Crippen LogP contribution in [0.15, 0.2) is 47.4 Å². The number of ether oxygens (including phenoxy) is 2. The van der Waals surface area contributed by atoms with Crippen LogP contribution in [-0.4, -0.2) is 20.1 Å². The fourth-order valence-electron chi connectivity index (χ4n) is 2.52. The number of thioether (sulfide) groups is 1. The predicted molar refractivity (Wildman–Crippen MR) is 108 cm³/mol. The molecule has 0 spiro atoms. The van der Waals surface area contributed by atoms with Gasteiger partial charge in [0.2, 0.25) is 5.91 Å². The molecular weight excluding hydrogens is 346 g/mol. The Bertz CT molecular complexity index is 753. The fraction of sp³-hybridized carbons (Fsp3) is 0.381. The fourth-order valence-corrected chi connectivity index (χ4v) is 3.51. The monoisotopic (exact) mass is 373 g/mol. The summed E-state index contributed by atoms with van der Waals surface area (Å²) >= 11 is 1.66. The highest BCUT2D eigenvalue weighted by Gasteiger charge is 2.17. The van der Waals surface area contributed by atoms with Gasteiger partial charge >= 0.3 is 0 Å². The number of nitrogens with one attached hydrogen (secondary N) is 1. The second kappa shape index (κ2) is 8.99. The Morgan fingerprint density at radius 1 is 1.08 bits per heavy atom. The number of hydrogen-bond donors (Lipinski definition) is 1. The van der Waals surface area contributed by atoms with Crippen LogP contribution in [0.5, 0.6) is 11.5 Å². The normalized spacial score (nSPS) is 11.1. The predicted octanol–water partition coefficient (Wildman–Crippen LogP) is 5.37. The molecule has 0 aliphatic carbocycles. The lowest BCUT2D eigenvalue weighted by molar-refractivity contribution is -0.117. The number of carbonyl (C=O) groups is 1. The van der Waals surface area contributed by atoms with Gasteiger partial charge in [0.25, 0.3) is 0 Å². The molecule has 0 saturated heterocycles. The Balaban J connectivity index is 2.12. The summed E-state index contributed by atoms with van der Waals surface area (Å²) in [5.74, 6) is 2.37. The average molecular weight is 374 g/mol. The van der Waals surface area contributed by atoms with Gasteiger partial charge in [-0.25, -0.2) is 0 Å². The third-order valence-corrected chi connectivity index (χ3v) is 4.85. The van der Waals surface area contributed by atoms with Crippen LogP contribution in [0.1, 0.15) is 32.8 Å². The molecule has 4 nitrogen and oxygen atoms in total. The highest BCUT2D eigenvalue weighted by atomic mass is 32.2. The molecule has 0 unspecified atom stereocenters. The van der Waals surface area contributed by atoms with Crippen molar-refractivity contribution in [2.45, 2.75) is 37.8 Å². The minimum Gasteiger partial charge on any atom is -0.497 e. The third-order valence-electron chi connectivity index (χ3n) is 3.72. The summed E-state index contributed by atoms with van der Waals surface area (Å²) in [6.07, 6.45) is 0.482. The zero-order valence-electron chi connectivity index (χ0n) is 16.1. The summed E-state index contributed by atoms with van der Waals surface area (Å²) in [4.78, 5) is 13.3. The molecule has 0 aliphatic rings. The standard InChI is InChI=1S/C21H27NO3S/c1-21(2,3)13-20(23)22-17-8-6-7-9-19(17)26-14-15-12-16(24-4)10-11-18(15)25-5/h6-12H,13-14H2,1-5H3,(H,22,23). The second-order valence-corrected chi connectivity index (χ2v) is 8.27. The molecule has 2 aromatic rings. The van der Waals surface area contributed by atoms with Gasteiger partial charge in [0, 0.05) is 22.6 Å². The van der Waals surface area contributed by atoms with Crippen molar-refractivity contribution < 1.29 is 14.3 Å². The number of carbonyl (C=O) groups excluding carboxylic acids is 1. The lowest BCUT2D eigenvalue weighted by atomic mass is 9.92. The van der Waals surface area contributed by atoms with E-state index in [-0.39, 0.29) is 11.3 Å². The van der Waals surface area contributed by atoms with Gasteiger partial charge < -0.3 is 14.8 Å². The molecular formula is C21H27NO3S. The summed E-state index contributed by atoms with van der Waals surface area (Å²) in [6, 6.07) is 13.6. The van der Waals surface area contributed by atoms with Gasteiger partial charge in [-0.3, -0.25) is 4.79 Å². The van der Waals surface area contributed by atoms with Gasteiger partial charge in [-0.2, -0.15) is 0 Å². The van der Waals surface area contributed by atoms with Crippen LogP contribution in [0.2, 0.25) is 0 Å². The average Bonchev–Trinajstić information content (AvgIpc) is 2.59. The molecule has 1 amide bonds. The van der Waals surface area contributed by atoms with Crippen LogP contribution < -0.4 is 14.8 Å². The van der Waals surface area contributed by atoms with Gasteiger partial charge in [-0.1, -0.05) is 32.9 Å². The molecule has 140 valence electrons. The Kier molecular flexibility index (Phi) is 6.98. The largest absolute Gasteiger partial charge is 0.497 e. The van der Waals surface area contributed by atoms with Crippen LogP contribution in [-0.2, 0) is 10.5 Å². The van der Waals surface area contributed by atoms with Gasteiger partial charge in [-0.15, -0.1) is 11.8 Å². The van der Waals surface area contributed by atoms with E-state index in [1.807, 2.05) is 42.5 Å². The van der Waals surface area contributed by atoms with E-state index < -0.39 is 0 Å². The first kappa shape index (κ1) is 20.2. The molecule has 2 aromatic carbocycles. The van der Waals surface area contributed by atoms with Gasteiger partial charge in [0.05, 0.1) is 19.9 Å².